The van der Waals surface area contributed by atoms with Gasteiger partial charge in [0.1, 0.15) is 17.4 Å². The molecule has 12 heteroatoms. The van der Waals surface area contributed by atoms with E-state index in [1.807, 2.05) is 32.9 Å². The fourth-order valence-corrected chi connectivity index (χ4v) is 7.20. The van der Waals surface area contributed by atoms with Crippen LogP contribution < -0.4 is 20.7 Å². The second-order valence-corrected chi connectivity index (χ2v) is 14.2. The maximum absolute atomic E-state index is 16.4. The van der Waals surface area contributed by atoms with Crippen molar-refractivity contribution in [3.05, 3.63) is 123 Å². The van der Waals surface area contributed by atoms with Crippen molar-refractivity contribution in [2.45, 2.75) is 57.2 Å². The normalized spacial score (nSPS) is 20.6. The van der Waals surface area contributed by atoms with Crippen LogP contribution in [0.1, 0.15) is 60.3 Å². The van der Waals surface area contributed by atoms with Gasteiger partial charge in [-0.2, -0.15) is 0 Å². The topological polar surface area (TPSA) is 113 Å². The molecule has 1 fully saturated rings. The van der Waals surface area contributed by atoms with Crippen LogP contribution in [0.15, 0.2) is 79.0 Å². The van der Waals surface area contributed by atoms with Crippen molar-refractivity contribution in [1.82, 2.24) is 15.6 Å². The number of ether oxygens (including phenoxy) is 1. The molecule has 5 rings (SSSR count). The van der Waals surface area contributed by atoms with Crippen molar-refractivity contribution in [3.8, 4) is 5.75 Å². The molecule has 1 saturated heterocycles. The number of carboxylic acid groups (broad SMARTS) is 1. The summed E-state index contributed by atoms with van der Waals surface area (Å²) in [5.74, 6) is -3.96. The Morgan fingerprint density at radius 3 is 2.47 bits per heavy atom. The lowest BCUT2D eigenvalue weighted by Gasteiger charge is -2.43. The number of amides is 1. The van der Waals surface area contributed by atoms with Gasteiger partial charge in [-0.25, -0.2) is 13.6 Å². The lowest BCUT2D eigenvalue weighted by atomic mass is 9.61. The maximum atomic E-state index is 16.4. The molecule has 4 aromatic rings. The van der Waals surface area contributed by atoms with E-state index >= 15 is 8.78 Å². The van der Waals surface area contributed by atoms with E-state index in [0.717, 1.165) is 5.69 Å². The molecule has 4 N–H and O–H groups in total. The van der Waals surface area contributed by atoms with E-state index in [-0.39, 0.29) is 50.1 Å². The minimum atomic E-state index is -1.29. The van der Waals surface area contributed by atoms with Gasteiger partial charge in [0.15, 0.2) is 0 Å². The first-order chi connectivity index (χ1) is 23.2. The molecule has 1 aliphatic heterocycles. The second-order valence-electron chi connectivity index (χ2n) is 13.4. The van der Waals surface area contributed by atoms with E-state index in [9.17, 15) is 14.7 Å². The van der Waals surface area contributed by atoms with Crippen LogP contribution in [0.4, 0.5) is 14.5 Å². The molecule has 0 radical (unpaired) electrons. The van der Waals surface area contributed by atoms with Crippen LogP contribution in [0.3, 0.4) is 0 Å². The van der Waals surface area contributed by atoms with Crippen molar-refractivity contribution in [1.29, 1.82) is 0 Å². The zero-order chi connectivity index (χ0) is 35.5. The Hall–Kier alpha value is -4.09. The standard InChI is InChI=1S/C37H38Cl2F2N4O4/c1-36(2,3)18-30-37(25-13-12-22(38)17-27(25)40,20-42-19-23-8-5-6-15-43-23)31(24-9-7-10-26(39)32(24)41)33(45-30)34(46)44-28-14-11-21(35(47)48)16-29(28)49-4/h5-17,30-31,33,42,45H,18-20H2,1-4H3,(H,44,46)(H,47,48)/t30-,31-,33+,37-/m0/s1. The van der Waals surface area contributed by atoms with Gasteiger partial charge in [0.05, 0.1) is 35.1 Å². The van der Waals surface area contributed by atoms with Crippen LogP contribution in [-0.2, 0) is 16.8 Å². The van der Waals surface area contributed by atoms with Crippen LogP contribution in [0.2, 0.25) is 10.0 Å². The highest BCUT2D eigenvalue weighted by molar-refractivity contribution is 6.31. The molecule has 0 unspecified atom stereocenters. The van der Waals surface area contributed by atoms with E-state index in [2.05, 4.69) is 20.9 Å². The van der Waals surface area contributed by atoms with Gasteiger partial charge in [0.2, 0.25) is 5.91 Å². The number of anilines is 1. The number of carbonyl (C=O) groups is 2. The lowest BCUT2D eigenvalue weighted by molar-refractivity contribution is -0.118. The van der Waals surface area contributed by atoms with Crippen LogP contribution in [0.25, 0.3) is 0 Å². The van der Waals surface area contributed by atoms with Crippen LogP contribution in [-0.4, -0.2) is 47.7 Å². The highest BCUT2D eigenvalue weighted by Crippen LogP contribution is 2.53. The largest absolute Gasteiger partial charge is 0.495 e. The molecule has 0 saturated carbocycles. The Balaban J connectivity index is 1.72. The summed E-state index contributed by atoms with van der Waals surface area (Å²) >= 11 is 12.6. The van der Waals surface area contributed by atoms with Crippen LogP contribution >= 0.6 is 23.2 Å². The summed E-state index contributed by atoms with van der Waals surface area (Å²) in [7, 11) is 1.36. The predicted molar refractivity (Wildman–Crippen MR) is 187 cm³/mol. The zero-order valence-electron chi connectivity index (χ0n) is 27.5. The van der Waals surface area contributed by atoms with Crippen LogP contribution in [0.5, 0.6) is 5.75 Å². The molecule has 0 bridgehead atoms. The Kier molecular flexibility index (Phi) is 10.9. The van der Waals surface area contributed by atoms with Crippen molar-refractivity contribution < 1.29 is 28.2 Å². The Bertz CT molecular complexity index is 1840. The number of hydrogen-bond donors (Lipinski definition) is 4. The number of nitrogens with one attached hydrogen (secondary N) is 3. The third-order valence-corrected chi connectivity index (χ3v) is 9.42. The number of rotatable bonds is 11. The predicted octanol–water partition coefficient (Wildman–Crippen LogP) is 7.60. The number of halogens is 4. The molecule has 1 aromatic heterocycles. The highest BCUT2D eigenvalue weighted by atomic mass is 35.5. The van der Waals surface area contributed by atoms with Gasteiger partial charge in [0, 0.05) is 41.7 Å². The second kappa shape index (κ2) is 14.8. The number of pyridine rings is 1. The van der Waals surface area contributed by atoms with Crippen molar-refractivity contribution in [2.24, 2.45) is 5.41 Å². The van der Waals surface area contributed by atoms with Gasteiger partial charge in [-0.3, -0.25) is 9.78 Å². The van der Waals surface area contributed by atoms with Gasteiger partial charge in [-0.1, -0.05) is 68.2 Å². The SMILES string of the molecule is COc1cc(C(=O)O)ccc1NC(=O)[C@@H]1N[C@@H](CC(C)(C)C)[C@](CNCc2ccccn2)(c2ccc(Cl)cc2F)[C@H]1c1cccc(Cl)c1F. The van der Waals surface area contributed by atoms with Gasteiger partial charge < -0.3 is 25.8 Å². The monoisotopic (exact) mass is 710 g/mol. The van der Waals surface area contributed by atoms with Crippen LogP contribution in [0, 0.1) is 17.0 Å². The number of hydrogen-bond acceptors (Lipinski definition) is 6. The molecule has 1 aliphatic rings. The summed E-state index contributed by atoms with van der Waals surface area (Å²) in [5, 5.41) is 19.3. The molecule has 0 spiro atoms. The fourth-order valence-electron chi connectivity index (χ4n) is 6.86. The Morgan fingerprint density at radius 1 is 1.04 bits per heavy atom. The molecule has 3 aromatic carbocycles. The quantitative estimate of drug-likeness (QED) is 0.127. The van der Waals surface area contributed by atoms with Gasteiger partial charge in [-0.05, 0) is 71.5 Å². The van der Waals surface area contributed by atoms with E-state index in [4.69, 9.17) is 27.9 Å². The molecule has 49 heavy (non-hydrogen) atoms. The molecule has 0 aliphatic carbocycles. The van der Waals surface area contributed by atoms with Gasteiger partial charge in [-0.15, -0.1) is 0 Å². The van der Waals surface area contributed by atoms with E-state index in [0.29, 0.717) is 13.0 Å². The van der Waals surface area contributed by atoms with Crippen molar-refractivity contribution in [3.63, 3.8) is 0 Å². The number of nitrogens with zero attached hydrogens (tertiary/aromatic N) is 1. The first-order valence-corrected chi connectivity index (χ1v) is 16.5. The van der Waals surface area contributed by atoms with Gasteiger partial charge >= 0.3 is 5.97 Å². The van der Waals surface area contributed by atoms with E-state index in [1.54, 1.807) is 36.5 Å². The third-order valence-electron chi connectivity index (χ3n) is 8.90. The summed E-state index contributed by atoms with van der Waals surface area (Å²) in [6, 6.07) is 16.9. The Labute approximate surface area is 294 Å². The summed E-state index contributed by atoms with van der Waals surface area (Å²) in [6.07, 6.45) is 2.13. The molecule has 4 atom stereocenters. The van der Waals surface area contributed by atoms with Crippen molar-refractivity contribution >= 4 is 40.8 Å². The highest BCUT2D eigenvalue weighted by Gasteiger charge is 2.60. The van der Waals surface area contributed by atoms with Crippen molar-refractivity contribution in [2.75, 3.05) is 19.0 Å². The molecule has 8 nitrogen and oxygen atoms in total. The minimum Gasteiger partial charge on any atom is -0.495 e. The summed E-state index contributed by atoms with van der Waals surface area (Å²) in [5.41, 5.74) is -0.333. The third kappa shape index (κ3) is 7.73. The molecule has 1 amide bonds. The lowest BCUT2D eigenvalue weighted by Crippen LogP contribution is -2.51. The van der Waals surface area contributed by atoms with E-state index in [1.165, 1.54) is 37.4 Å². The van der Waals surface area contributed by atoms with Gasteiger partial charge in [0.25, 0.3) is 0 Å². The minimum absolute atomic E-state index is 0.0332. The van der Waals surface area contributed by atoms with E-state index < -0.39 is 46.9 Å². The number of benzene rings is 3. The summed E-state index contributed by atoms with van der Waals surface area (Å²) in [4.78, 5) is 30.5. The molecule has 258 valence electrons. The number of aromatic carboxylic acids is 1. The molecular weight excluding hydrogens is 673 g/mol. The first kappa shape index (κ1) is 36.2. The number of aromatic nitrogens is 1. The first-order valence-electron chi connectivity index (χ1n) is 15.7. The Morgan fingerprint density at radius 2 is 1.82 bits per heavy atom. The number of methoxy groups -OCH3 is 1. The molecule has 2 heterocycles. The fraction of sp³-hybridized carbons (Fsp3) is 0.324. The average Bonchev–Trinajstić information content (AvgIpc) is 3.35. The molecular formula is C37H38Cl2F2N4O4. The average molecular weight is 712 g/mol. The summed E-state index contributed by atoms with van der Waals surface area (Å²) < 4.78 is 38.1. The maximum Gasteiger partial charge on any atom is 0.335 e. The number of carbonyl (C=O) groups excluding carboxylic acids is 1. The zero-order valence-corrected chi connectivity index (χ0v) is 29.0. The smallest absolute Gasteiger partial charge is 0.335 e. The number of carboxylic acids is 1. The summed E-state index contributed by atoms with van der Waals surface area (Å²) in [6.45, 7) is 6.53.